The second kappa shape index (κ2) is 8.96. The van der Waals surface area contributed by atoms with Gasteiger partial charge in [0.25, 0.3) is 0 Å². The first kappa shape index (κ1) is 20.5. The molecule has 3 aromatic heterocycles. The molecule has 0 unspecified atom stereocenters. The Balaban J connectivity index is 1.42. The lowest BCUT2D eigenvalue weighted by molar-refractivity contribution is 0.593. The summed E-state index contributed by atoms with van der Waals surface area (Å²) in [6.45, 7) is 0.786. The van der Waals surface area contributed by atoms with Gasteiger partial charge in [-0.3, -0.25) is 0 Å². The van der Waals surface area contributed by atoms with E-state index in [4.69, 9.17) is 11.6 Å². The zero-order chi connectivity index (χ0) is 21.9. The van der Waals surface area contributed by atoms with Crippen molar-refractivity contribution in [3.63, 3.8) is 0 Å². The normalized spacial score (nSPS) is 11.4. The highest BCUT2D eigenvalue weighted by atomic mass is 35.5. The van der Waals surface area contributed by atoms with Gasteiger partial charge in [-0.2, -0.15) is 0 Å². The van der Waals surface area contributed by atoms with Crippen LogP contribution in [0.1, 0.15) is 34.9 Å². The predicted molar refractivity (Wildman–Crippen MR) is 122 cm³/mol. The molecule has 0 atom stereocenters. The summed E-state index contributed by atoms with van der Waals surface area (Å²) >= 11 is 6.18. The monoisotopic (exact) mass is 448 g/mol. The molecular weight excluding hydrogens is 427 g/mol. The van der Waals surface area contributed by atoms with Gasteiger partial charge in [-0.25, -0.2) is 9.37 Å². The number of nitrogens with one attached hydrogen (secondary N) is 2. The molecule has 0 radical (unpaired) electrons. The van der Waals surface area contributed by atoms with E-state index < -0.39 is 0 Å². The molecule has 0 saturated heterocycles. The Labute approximate surface area is 189 Å². The van der Waals surface area contributed by atoms with Crippen LogP contribution in [-0.2, 0) is 25.8 Å². The maximum Gasteiger partial charge on any atom is 0.137 e. The quantitative estimate of drug-likeness (QED) is 0.347. The molecule has 3 heterocycles. The first-order valence-electron chi connectivity index (χ1n) is 10.5. The highest BCUT2D eigenvalue weighted by Crippen LogP contribution is 2.23. The molecule has 0 aliphatic carbocycles. The van der Waals surface area contributed by atoms with E-state index in [9.17, 15) is 4.39 Å². The Morgan fingerprint density at radius 1 is 1.00 bits per heavy atom. The maximum absolute atomic E-state index is 13.6. The number of imidazole rings is 1. The lowest BCUT2D eigenvalue weighted by Gasteiger charge is -2.11. The largest absolute Gasteiger partial charge is 0.361 e. The maximum atomic E-state index is 13.6. The van der Waals surface area contributed by atoms with Crippen molar-refractivity contribution in [3.05, 3.63) is 100 Å². The molecule has 0 fully saturated rings. The van der Waals surface area contributed by atoms with E-state index in [0.717, 1.165) is 58.8 Å². The first-order chi connectivity index (χ1) is 15.7. The highest BCUT2D eigenvalue weighted by molar-refractivity contribution is 6.30. The van der Waals surface area contributed by atoms with Crippen molar-refractivity contribution in [1.82, 2.24) is 29.7 Å². The molecule has 32 heavy (non-hydrogen) atoms. The summed E-state index contributed by atoms with van der Waals surface area (Å²) in [4.78, 5) is 10.4. The summed E-state index contributed by atoms with van der Waals surface area (Å²) in [7, 11) is 0. The number of nitrogens with zero attached hydrogens (tertiary/aromatic N) is 4. The van der Waals surface area contributed by atoms with Crippen molar-refractivity contribution < 1.29 is 4.39 Å². The third-order valence-electron chi connectivity index (χ3n) is 5.62. The lowest BCUT2D eigenvalue weighted by Crippen LogP contribution is -2.10. The third kappa shape index (κ3) is 4.43. The Bertz CT molecular complexity index is 1340. The molecule has 0 bridgehead atoms. The summed E-state index contributed by atoms with van der Waals surface area (Å²) in [6, 6.07) is 12.6. The van der Waals surface area contributed by atoms with Crippen LogP contribution in [0.15, 0.2) is 61.2 Å². The molecule has 2 N–H and O–H groups in total. The molecule has 8 heteroatoms. The number of halogens is 2. The number of aromatic amines is 2. The molecule has 0 aliphatic rings. The minimum Gasteiger partial charge on any atom is -0.361 e. The van der Waals surface area contributed by atoms with Gasteiger partial charge in [0.1, 0.15) is 17.5 Å². The van der Waals surface area contributed by atoms with Crippen LogP contribution in [0.3, 0.4) is 0 Å². The number of H-pyrrole nitrogens is 2. The van der Waals surface area contributed by atoms with E-state index in [0.29, 0.717) is 17.9 Å². The average molecular weight is 449 g/mol. The number of aryl methyl sites for hydroxylation is 1. The van der Waals surface area contributed by atoms with Crippen molar-refractivity contribution in [3.8, 4) is 0 Å². The molecule has 0 saturated carbocycles. The fourth-order valence-corrected chi connectivity index (χ4v) is 4.26. The van der Waals surface area contributed by atoms with Gasteiger partial charge in [-0.05, 0) is 54.3 Å². The second-order valence-electron chi connectivity index (χ2n) is 7.85. The number of hydrogen-bond acceptors (Lipinski definition) is 3. The van der Waals surface area contributed by atoms with Crippen LogP contribution in [0.25, 0.3) is 10.9 Å². The first-order valence-corrected chi connectivity index (χ1v) is 10.9. The van der Waals surface area contributed by atoms with Gasteiger partial charge >= 0.3 is 0 Å². The van der Waals surface area contributed by atoms with Gasteiger partial charge < -0.3 is 14.5 Å². The Morgan fingerprint density at radius 2 is 1.88 bits per heavy atom. The molecule has 162 valence electrons. The summed E-state index contributed by atoms with van der Waals surface area (Å²) in [6.07, 6.45) is 8.55. The van der Waals surface area contributed by atoms with Gasteiger partial charge in [0.05, 0.1) is 6.33 Å². The molecule has 2 aromatic carbocycles. The average Bonchev–Trinajstić information content (AvgIpc) is 3.51. The van der Waals surface area contributed by atoms with Crippen molar-refractivity contribution in [2.75, 3.05) is 0 Å². The molecule has 0 amide bonds. The van der Waals surface area contributed by atoms with Crippen LogP contribution in [0, 0.1) is 5.82 Å². The van der Waals surface area contributed by atoms with Gasteiger partial charge in [0.15, 0.2) is 0 Å². The zero-order valence-corrected chi connectivity index (χ0v) is 18.1. The van der Waals surface area contributed by atoms with E-state index in [1.165, 1.54) is 12.1 Å². The second-order valence-corrected chi connectivity index (χ2v) is 8.29. The summed E-state index contributed by atoms with van der Waals surface area (Å²) in [5.41, 5.74) is 4.05. The van der Waals surface area contributed by atoms with E-state index in [2.05, 4.69) is 29.7 Å². The van der Waals surface area contributed by atoms with Crippen molar-refractivity contribution in [1.29, 1.82) is 0 Å². The van der Waals surface area contributed by atoms with Crippen LogP contribution in [0.5, 0.6) is 0 Å². The van der Waals surface area contributed by atoms with E-state index in [-0.39, 0.29) is 5.82 Å². The summed E-state index contributed by atoms with van der Waals surface area (Å²) in [5.74, 6) is 1.53. The highest BCUT2D eigenvalue weighted by Gasteiger charge is 2.15. The standard InChI is InChI=1S/C24H22ClFN6/c25-18-4-1-3-16(9-18)10-23-30-31-24(32(23)8-2-5-20-14-27-15-29-20)11-17-13-28-22-12-19(26)6-7-21(17)22/h1,3-4,6-7,9,12-15,28H,2,5,8,10-11H2,(H,27,29). The predicted octanol–water partition coefficient (Wildman–Crippen LogP) is 5.09. The van der Waals surface area contributed by atoms with Crippen LogP contribution in [-0.4, -0.2) is 29.7 Å². The van der Waals surface area contributed by atoms with Crippen LogP contribution < -0.4 is 0 Å². The Morgan fingerprint density at radius 3 is 2.69 bits per heavy atom. The molecule has 0 spiro atoms. The Hall–Kier alpha value is -3.45. The molecule has 0 aliphatic heterocycles. The molecule has 6 nitrogen and oxygen atoms in total. The number of benzene rings is 2. The van der Waals surface area contributed by atoms with E-state index >= 15 is 0 Å². The Kier molecular flexibility index (Phi) is 5.73. The summed E-state index contributed by atoms with van der Waals surface area (Å²) < 4.78 is 15.8. The van der Waals surface area contributed by atoms with Gasteiger partial charge in [-0.15, -0.1) is 10.2 Å². The molecular formula is C24H22ClFN6. The zero-order valence-electron chi connectivity index (χ0n) is 17.4. The molecule has 5 aromatic rings. The van der Waals surface area contributed by atoms with Crippen molar-refractivity contribution in [2.45, 2.75) is 32.2 Å². The number of rotatable bonds is 8. The number of fused-ring (bicyclic) bond motifs is 1. The fraction of sp³-hybridized carbons (Fsp3) is 0.208. The smallest absolute Gasteiger partial charge is 0.137 e. The van der Waals surface area contributed by atoms with Crippen molar-refractivity contribution in [2.24, 2.45) is 0 Å². The number of hydrogen-bond donors (Lipinski definition) is 2. The SMILES string of the molecule is Fc1ccc2c(Cc3nnc(Cc4cccc(Cl)c4)n3CCCc3cnc[nH]3)c[nH]c2c1. The summed E-state index contributed by atoms with van der Waals surface area (Å²) in [5, 5.41) is 10.7. The number of aromatic nitrogens is 6. The third-order valence-corrected chi connectivity index (χ3v) is 5.85. The topological polar surface area (TPSA) is 75.2 Å². The van der Waals surface area contributed by atoms with Gasteiger partial charge in [0.2, 0.25) is 0 Å². The van der Waals surface area contributed by atoms with Gasteiger partial charge in [-0.1, -0.05) is 23.7 Å². The van der Waals surface area contributed by atoms with Crippen LogP contribution in [0.4, 0.5) is 4.39 Å². The van der Waals surface area contributed by atoms with E-state index in [1.54, 1.807) is 6.33 Å². The minimum atomic E-state index is -0.253. The fourth-order valence-electron chi connectivity index (χ4n) is 4.05. The van der Waals surface area contributed by atoms with E-state index in [1.807, 2.05) is 42.7 Å². The minimum absolute atomic E-state index is 0.253. The van der Waals surface area contributed by atoms with Gasteiger partial charge in [0, 0.05) is 53.4 Å². The molecule has 5 rings (SSSR count). The van der Waals surface area contributed by atoms with Crippen LogP contribution >= 0.6 is 11.6 Å². The lowest BCUT2D eigenvalue weighted by atomic mass is 10.1. The van der Waals surface area contributed by atoms with Crippen LogP contribution in [0.2, 0.25) is 5.02 Å². The van der Waals surface area contributed by atoms with Crippen molar-refractivity contribution >= 4 is 22.5 Å².